The molecular weight excluding hydrogens is 449 g/mol. The summed E-state index contributed by atoms with van der Waals surface area (Å²) in [7, 11) is 1.99. The van der Waals surface area contributed by atoms with Gasteiger partial charge in [0.1, 0.15) is 17.5 Å². The van der Waals surface area contributed by atoms with E-state index in [4.69, 9.17) is 0 Å². The minimum absolute atomic E-state index is 0.0991. The number of fused-ring (bicyclic) bond motifs is 2. The molecule has 4 nitrogen and oxygen atoms in total. The number of halogens is 3. The molecule has 35 heavy (non-hydrogen) atoms. The molecule has 0 bridgehead atoms. The number of hydrogen-bond acceptors (Lipinski definition) is 4. The van der Waals surface area contributed by atoms with Gasteiger partial charge in [-0.25, -0.2) is 23.1 Å². The van der Waals surface area contributed by atoms with Gasteiger partial charge < -0.3 is 10.2 Å². The normalized spacial score (nSPS) is 16.5. The number of aromatic nitrogens is 2. The highest BCUT2D eigenvalue weighted by atomic mass is 19.3. The first kappa shape index (κ1) is 25.0. The van der Waals surface area contributed by atoms with Crippen LogP contribution in [-0.4, -0.2) is 17.0 Å². The molecule has 0 aliphatic carbocycles. The summed E-state index contributed by atoms with van der Waals surface area (Å²) in [5.41, 5.74) is 3.47. The number of hydrogen-bond donors (Lipinski definition) is 1. The molecule has 0 unspecified atom stereocenters. The van der Waals surface area contributed by atoms with E-state index in [0.29, 0.717) is 11.6 Å². The van der Waals surface area contributed by atoms with Crippen molar-refractivity contribution in [2.24, 2.45) is 5.92 Å². The second-order valence-electron chi connectivity index (χ2n) is 10.5. The lowest BCUT2D eigenvalue weighted by Crippen LogP contribution is -2.32. The number of aryl methyl sites for hydroxylation is 1. The zero-order valence-corrected chi connectivity index (χ0v) is 21.4. The molecule has 1 aliphatic rings. The maximum atomic E-state index is 15.3. The van der Waals surface area contributed by atoms with Crippen LogP contribution in [0.1, 0.15) is 69.6 Å². The Morgan fingerprint density at radius 3 is 2.49 bits per heavy atom. The van der Waals surface area contributed by atoms with Crippen LogP contribution in [0.2, 0.25) is 0 Å². The maximum Gasteiger partial charge on any atom is 0.278 e. The lowest BCUT2D eigenvalue weighted by atomic mass is 9.76. The molecular formula is C28H33F3N4. The van der Waals surface area contributed by atoms with Gasteiger partial charge in [0.25, 0.3) is 5.92 Å². The molecule has 0 radical (unpaired) electrons. The van der Waals surface area contributed by atoms with E-state index in [1.54, 1.807) is 13.8 Å². The number of nitrogens with zero attached hydrogens (tertiary/aromatic N) is 3. The van der Waals surface area contributed by atoms with Gasteiger partial charge in [-0.05, 0) is 43.4 Å². The monoisotopic (exact) mass is 482 g/mol. The Morgan fingerprint density at radius 2 is 1.83 bits per heavy atom. The Labute approximate surface area is 205 Å². The van der Waals surface area contributed by atoms with Crippen molar-refractivity contribution >= 4 is 22.4 Å². The lowest BCUT2D eigenvalue weighted by Gasteiger charge is -2.40. The fourth-order valence-electron chi connectivity index (χ4n) is 4.84. The quantitative estimate of drug-likeness (QED) is 0.406. The average Bonchev–Trinajstić information content (AvgIpc) is 2.76. The molecule has 2 heterocycles. The number of nitrogens with one attached hydrogen (secondary N) is 1. The smallest absolute Gasteiger partial charge is 0.278 e. The highest BCUT2D eigenvalue weighted by Crippen LogP contribution is 2.45. The Kier molecular flexibility index (Phi) is 6.10. The van der Waals surface area contributed by atoms with Crippen molar-refractivity contribution in [1.82, 2.24) is 9.97 Å². The van der Waals surface area contributed by atoms with Crippen LogP contribution in [-0.2, 0) is 11.3 Å². The van der Waals surface area contributed by atoms with Crippen molar-refractivity contribution in [1.29, 1.82) is 0 Å². The predicted molar refractivity (Wildman–Crippen MR) is 137 cm³/mol. The fourth-order valence-corrected chi connectivity index (χ4v) is 4.84. The standard InChI is InChI=1S/C28H33F3N4/c1-15(2)28(30,31)21-11-9-10-19(25(21)29)17(4)32-26-20-12-24-22(13-23(20)33-18(5)34-26)27(6,7)14-16(3)35(24)8/h9-13,15,17H,3,14H2,1-2,4-8H3,(H,32,33,34)/t17-/m1/s1. The summed E-state index contributed by atoms with van der Waals surface area (Å²) >= 11 is 0. The molecule has 0 saturated heterocycles. The molecule has 1 atom stereocenters. The van der Waals surface area contributed by atoms with E-state index >= 15 is 4.39 Å². The molecule has 4 rings (SSSR count). The van der Waals surface area contributed by atoms with Crippen LogP contribution in [0.15, 0.2) is 42.6 Å². The van der Waals surface area contributed by atoms with Gasteiger partial charge in [-0.15, -0.1) is 0 Å². The van der Waals surface area contributed by atoms with Gasteiger partial charge in [0.2, 0.25) is 0 Å². The molecule has 0 spiro atoms. The van der Waals surface area contributed by atoms with E-state index in [1.807, 2.05) is 13.1 Å². The van der Waals surface area contributed by atoms with Crippen molar-refractivity contribution in [3.05, 3.63) is 70.9 Å². The van der Waals surface area contributed by atoms with E-state index in [1.165, 1.54) is 31.5 Å². The molecule has 0 saturated carbocycles. The summed E-state index contributed by atoms with van der Waals surface area (Å²) in [6, 6.07) is 7.69. The van der Waals surface area contributed by atoms with E-state index in [2.05, 4.69) is 46.7 Å². The van der Waals surface area contributed by atoms with Gasteiger partial charge in [0.05, 0.1) is 17.1 Å². The first-order valence-corrected chi connectivity index (χ1v) is 11.9. The third kappa shape index (κ3) is 4.26. The highest BCUT2D eigenvalue weighted by Gasteiger charge is 2.39. The second kappa shape index (κ2) is 8.54. The Bertz CT molecular complexity index is 1310. The van der Waals surface area contributed by atoms with Gasteiger partial charge in [-0.2, -0.15) is 0 Å². The van der Waals surface area contributed by atoms with Crippen LogP contribution in [0.25, 0.3) is 10.9 Å². The third-order valence-electron chi connectivity index (χ3n) is 7.07. The summed E-state index contributed by atoms with van der Waals surface area (Å²) in [5, 5.41) is 4.05. The topological polar surface area (TPSA) is 41.1 Å². The molecule has 0 fully saturated rings. The van der Waals surface area contributed by atoms with Gasteiger partial charge in [0, 0.05) is 35.3 Å². The molecule has 0 amide bonds. The van der Waals surface area contributed by atoms with Gasteiger partial charge in [0.15, 0.2) is 0 Å². The summed E-state index contributed by atoms with van der Waals surface area (Å²) in [4.78, 5) is 11.3. The van der Waals surface area contributed by atoms with Crippen LogP contribution < -0.4 is 10.2 Å². The van der Waals surface area contributed by atoms with Crippen LogP contribution in [0, 0.1) is 18.7 Å². The molecule has 3 aromatic rings. The number of rotatable bonds is 5. The number of anilines is 2. The fraction of sp³-hybridized carbons (Fsp3) is 0.429. The molecule has 7 heteroatoms. The average molecular weight is 483 g/mol. The van der Waals surface area contributed by atoms with E-state index in [-0.39, 0.29) is 11.0 Å². The van der Waals surface area contributed by atoms with Gasteiger partial charge in [-0.1, -0.05) is 52.5 Å². The molecule has 2 aromatic carbocycles. The third-order valence-corrected chi connectivity index (χ3v) is 7.07. The summed E-state index contributed by atoms with van der Waals surface area (Å²) < 4.78 is 44.6. The summed E-state index contributed by atoms with van der Waals surface area (Å²) in [6.07, 6.45) is 0.838. The van der Waals surface area contributed by atoms with Crippen LogP contribution in [0.5, 0.6) is 0 Å². The first-order chi connectivity index (χ1) is 16.2. The lowest BCUT2D eigenvalue weighted by molar-refractivity contribution is -0.0545. The Balaban J connectivity index is 1.80. The SMILES string of the molecule is C=C1CC(C)(C)c2cc3nc(C)nc(N[C@H](C)c4cccc(C(F)(F)C(C)C)c4F)c3cc2N1C. The minimum Gasteiger partial charge on any atom is -0.363 e. The summed E-state index contributed by atoms with van der Waals surface area (Å²) in [5.74, 6) is -4.08. The Morgan fingerprint density at radius 1 is 1.14 bits per heavy atom. The zero-order chi connectivity index (χ0) is 25.9. The summed E-state index contributed by atoms with van der Waals surface area (Å²) in [6.45, 7) is 14.9. The van der Waals surface area contributed by atoms with E-state index < -0.39 is 29.3 Å². The van der Waals surface area contributed by atoms with Crippen LogP contribution >= 0.6 is 0 Å². The Hall–Kier alpha value is -3.09. The highest BCUT2D eigenvalue weighted by molar-refractivity contribution is 5.94. The molecule has 186 valence electrons. The predicted octanol–water partition coefficient (Wildman–Crippen LogP) is 7.63. The van der Waals surface area contributed by atoms with E-state index in [0.717, 1.165) is 34.8 Å². The van der Waals surface area contributed by atoms with Crippen LogP contribution in [0.4, 0.5) is 24.7 Å². The minimum atomic E-state index is -3.27. The van der Waals surface area contributed by atoms with Crippen molar-refractivity contribution in [2.45, 2.75) is 65.3 Å². The largest absolute Gasteiger partial charge is 0.363 e. The van der Waals surface area contributed by atoms with Crippen molar-refractivity contribution in [3.8, 4) is 0 Å². The molecule has 1 aliphatic heterocycles. The molecule has 1 N–H and O–H groups in total. The van der Waals surface area contributed by atoms with E-state index in [9.17, 15) is 8.78 Å². The number of allylic oxidation sites excluding steroid dienone is 1. The first-order valence-electron chi connectivity index (χ1n) is 11.9. The van der Waals surface area contributed by atoms with Gasteiger partial charge in [-0.3, -0.25) is 0 Å². The number of benzene rings is 2. The second-order valence-corrected chi connectivity index (χ2v) is 10.5. The maximum absolute atomic E-state index is 15.3. The van der Waals surface area contributed by atoms with Gasteiger partial charge >= 0.3 is 0 Å². The van der Waals surface area contributed by atoms with Crippen molar-refractivity contribution < 1.29 is 13.2 Å². The van der Waals surface area contributed by atoms with Crippen molar-refractivity contribution in [2.75, 3.05) is 17.3 Å². The van der Waals surface area contributed by atoms with Crippen molar-refractivity contribution in [3.63, 3.8) is 0 Å². The zero-order valence-electron chi connectivity index (χ0n) is 21.4. The van der Waals surface area contributed by atoms with Crippen LogP contribution in [0.3, 0.4) is 0 Å². The molecule has 1 aromatic heterocycles. The number of alkyl halides is 2.